The van der Waals surface area contributed by atoms with Crippen molar-refractivity contribution in [3.05, 3.63) is 307 Å². The Balaban J connectivity index is 1.24. The molecule has 6 aromatic heterocycles. The van der Waals surface area contributed by atoms with Crippen LogP contribution in [0.2, 0.25) is 0 Å². The minimum Gasteiger partial charge on any atom is -0.354 e. The fourth-order valence-corrected chi connectivity index (χ4v) is 12.6. The second-order valence-corrected chi connectivity index (χ2v) is 21.9. The molecule has 504 valence electrons. The van der Waals surface area contributed by atoms with Crippen LogP contribution in [0, 0.1) is 173 Å². The van der Waals surface area contributed by atoms with Crippen LogP contribution in [-0.4, -0.2) is 30.2 Å². The Bertz CT molecular complexity index is 6380. The fraction of sp³-hybridized carbons (Fsp3) is 0. The molecule has 0 atom stereocenters. The minimum atomic E-state index is -2.92. The van der Waals surface area contributed by atoms with Crippen molar-refractivity contribution >= 4 is 72.3 Å². The summed E-state index contributed by atoms with van der Waals surface area (Å²) in [5.41, 5.74) is -27.4. The number of benzene rings is 6. The first-order valence-electron chi connectivity index (χ1n) is 27.5. The van der Waals surface area contributed by atoms with Crippen molar-refractivity contribution in [3.63, 3.8) is 0 Å². The maximum atomic E-state index is 16.9. The number of nitrogens with one attached hydrogen (secondary N) is 2. The van der Waals surface area contributed by atoms with Gasteiger partial charge < -0.3 is 18.8 Å². The summed E-state index contributed by atoms with van der Waals surface area (Å²) in [5.74, 6) is -77.4. The van der Waals surface area contributed by atoms with Crippen molar-refractivity contribution in [2.75, 3.05) is 0 Å². The average Bonchev–Trinajstić information content (AvgIpc) is 1.54. The van der Waals surface area contributed by atoms with E-state index in [0.717, 1.165) is 0 Å². The van der Waals surface area contributed by atoms with Gasteiger partial charge in [-0.1, -0.05) is 0 Å². The van der Waals surface area contributed by atoms with Gasteiger partial charge in [-0.25, -0.2) is 133 Å². The summed E-state index contributed by atoms with van der Waals surface area (Å²) in [6, 6.07) is 4.33. The van der Waals surface area contributed by atoms with Crippen LogP contribution in [0.15, 0.2) is 88.5 Å². The quantitative estimate of drug-likeness (QED) is 0.100. The van der Waals surface area contributed by atoms with Gasteiger partial charge in [0, 0.05) is 54.1 Å². The molecule has 15 rings (SSSR count). The normalized spacial score (nSPS) is 14.1. The largest absolute Gasteiger partial charge is 0.354 e. The van der Waals surface area contributed by atoms with Crippen LogP contribution in [-0.2, 0) is 0 Å². The van der Waals surface area contributed by atoms with E-state index in [0.29, 0.717) is 72.8 Å². The Morgan fingerprint density at radius 2 is 0.500 bits per heavy atom. The van der Waals surface area contributed by atoms with Crippen LogP contribution in [0.5, 0.6) is 0 Å². The van der Waals surface area contributed by atoms with Gasteiger partial charge >= 0.3 is 0 Å². The monoisotopic (exact) mass is 1420 g/mol. The van der Waals surface area contributed by atoms with Crippen molar-refractivity contribution in [1.82, 2.24) is 18.8 Å². The number of hydrogen-bond donors (Lipinski definition) is 2. The molecule has 16 bridgehead atoms. The highest BCUT2D eigenvalue weighted by molar-refractivity contribution is 6.32. The molecule has 0 unspecified atom stereocenters. The molecule has 0 spiro atoms. The van der Waals surface area contributed by atoms with Gasteiger partial charge in [-0.05, 0) is 72.8 Å². The van der Waals surface area contributed by atoms with Crippen molar-refractivity contribution in [3.8, 4) is 0 Å². The third-order valence-electron chi connectivity index (χ3n) is 16.8. The summed E-state index contributed by atoms with van der Waals surface area (Å²) in [5, 5.41) is -9.66. The van der Waals surface area contributed by atoms with E-state index in [9.17, 15) is 17.6 Å². The molecule has 6 aromatic carbocycles. The summed E-state index contributed by atoms with van der Waals surface area (Å²) in [6.45, 7) is 0. The predicted octanol–water partition coefficient (Wildman–Crippen LogP) is 15.0. The zero-order valence-electron chi connectivity index (χ0n) is 47.3. The number of aromatic amines is 2. The van der Waals surface area contributed by atoms with Gasteiger partial charge in [-0.3, -0.25) is 0 Å². The van der Waals surface area contributed by atoms with Gasteiger partial charge in [0.2, 0.25) is 23.3 Å². The maximum absolute atomic E-state index is 16.9. The number of aromatic nitrogens is 4. The number of nitrogens with zero attached hydrogens (tertiary/aromatic N) is 4. The van der Waals surface area contributed by atoms with Crippen molar-refractivity contribution in [2.24, 2.45) is 9.98 Å². The summed E-state index contributed by atoms with van der Waals surface area (Å²) < 4.78 is 449. The molecule has 0 saturated carbocycles. The standard InChI is InChI=1S/C66H14F28N6/c67-37-31(38(68)48(78)57(87)47(37)77)25-13-1-5-17(95-13)27(33-41(71)51(81)59(89)52(82)42(33)72)21-9-11-23-29(35-45(75)55(85)61(91)63(93)65(35)99(21)23)19-7-3-15(97-19)26(32-39(69)49(79)58(88)50(80)40(32)70)16-4-8-20(98-16)30-24-12-10-22(100(24)66-36(30)46(76)56(86)62(92)64(66)94)28(18-6-2-14(25)96-18)34-43(73)53(83)60(90)54(84)44(34)74/h1-12,95,98H. The summed E-state index contributed by atoms with van der Waals surface area (Å²) >= 11 is 0. The zero-order chi connectivity index (χ0) is 71.6. The Labute approximate surface area is 529 Å². The van der Waals surface area contributed by atoms with E-state index in [1.807, 2.05) is 0 Å². The van der Waals surface area contributed by atoms with Gasteiger partial charge in [0.25, 0.3) is 0 Å². The lowest BCUT2D eigenvalue weighted by atomic mass is 9.98. The van der Waals surface area contributed by atoms with Gasteiger partial charge in [0.1, 0.15) is 0 Å². The molecule has 0 fully saturated rings. The van der Waals surface area contributed by atoms with Crippen LogP contribution in [0.4, 0.5) is 123 Å². The Morgan fingerprint density at radius 1 is 0.230 bits per heavy atom. The van der Waals surface area contributed by atoms with E-state index in [1.54, 1.807) is 0 Å². The lowest BCUT2D eigenvalue weighted by Crippen LogP contribution is -2.23. The molecule has 34 heteroatoms. The molecule has 3 aliphatic heterocycles. The molecule has 2 N–H and O–H groups in total. The Morgan fingerprint density at radius 3 is 0.900 bits per heavy atom. The molecule has 6 nitrogen and oxygen atoms in total. The number of fused-ring (bicyclic) bond motifs is 10. The fourth-order valence-electron chi connectivity index (χ4n) is 12.6. The number of allylic oxidation sites excluding steroid dienone is 3. The van der Waals surface area contributed by atoms with Crippen molar-refractivity contribution in [1.29, 1.82) is 0 Å². The first-order valence-corrected chi connectivity index (χ1v) is 27.5. The van der Waals surface area contributed by atoms with E-state index in [1.165, 1.54) is 0 Å². The van der Waals surface area contributed by atoms with Crippen LogP contribution in [0.25, 0.3) is 60.8 Å². The number of aliphatic imine (C=N–C) groups is 2. The molecule has 0 radical (unpaired) electrons. The van der Waals surface area contributed by atoms with Crippen LogP contribution < -0.4 is 21.3 Å². The molecule has 12 aromatic rings. The molecule has 0 aliphatic carbocycles. The predicted molar refractivity (Wildman–Crippen MR) is 293 cm³/mol. The highest BCUT2D eigenvalue weighted by Gasteiger charge is 2.39. The molecule has 0 amide bonds. The highest BCUT2D eigenvalue weighted by Crippen LogP contribution is 2.44. The third-order valence-corrected chi connectivity index (χ3v) is 16.8. The van der Waals surface area contributed by atoms with E-state index < -0.39 is 306 Å². The molecule has 100 heavy (non-hydrogen) atoms. The van der Waals surface area contributed by atoms with E-state index in [-0.39, 0.29) is 8.80 Å². The second-order valence-electron chi connectivity index (χ2n) is 21.9. The highest BCUT2D eigenvalue weighted by atomic mass is 19.2. The van der Waals surface area contributed by atoms with Crippen LogP contribution >= 0.6 is 0 Å². The summed E-state index contributed by atoms with van der Waals surface area (Å²) in [4.78, 5) is 12.6. The molecule has 9 heterocycles. The first-order chi connectivity index (χ1) is 47.3. The Kier molecular flexibility index (Phi) is 14.1. The van der Waals surface area contributed by atoms with Crippen LogP contribution in [0.3, 0.4) is 0 Å². The first kappa shape index (κ1) is 64.3. The lowest BCUT2D eigenvalue weighted by molar-refractivity contribution is 0.376. The smallest absolute Gasteiger partial charge is 0.200 e. The topological polar surface area (TPSA) is 65.1 Å². The van der Waals surface area contributed by atoms with Crippen molar-refractivity contribution in [2.45, 2.75) is 0 Å². The van der Waals surface area contributed by atoms with Crippen molar-refractivity contribution < 1.29 is 123 Å². The van der Waals surface area contributed by atoms with Crippen LogP contribution in [0.1, 0.15) is 33.6 Å². The second kappa shape index (κ2) is 21.9. The SMILES string of the molecule is Fc1c(F)c(F)c(C2=C3C=CC(=N3)C(c3c(F)c(F)c(F)c(F)c3F)=c3ccc([nH]3)=C(c3c(F)c(F)c(F)c(F)c3F)c3ccc4c(c5c(F)c(F)c(F)c(F)c5n34)=C3C=CC(=N3)C(c3c(F)c(F)c(F)c(F)c3F)=c3ccc([nH]3)=c3c4c(F)c(F)c(F)c(F)c4n4c2ccc34)c(F)c1F. The zero-order valence-corrected chi connectivity index (χ0v) is 47.3. The van der Waals surface area contributed by atoms with E-state index in [2.05, 4.69) is 20.0 Å². The summed E-state index contributed by atoms with van der Waals surface area (Å²) in [6.07, 6.45) is 1.94. The number of H-pyrrole nitrogens is 2. The van der Waals surface area contributed by atoms with Gasteiger partial charge in [0.05, 0.1) is 89.3 Å². The molecule has 0 saturated heterocycles. The maximum Gasteiger partial charge on any atom is 0.200 e. The van der Waals surface area contributed by atoms with Gasteiger partial charge in [-0.15, -0.1) is 0 Å². The minimum absolute atomic E-state index is 0.156. The van der Waals surface area contributed by atoms with Gasteiger partial charge in [0.15, 0.2) is 140 Å². The average molecular weight is 1420 g/mol. The van der Waals surface area contributed by atoms with E-state index in [4.69, 9.17) is 0 Å². The number of rotatable bonds is 4. The Hall–Kier alpha value is -11.7. The lowest BCUT2D eigenvalue weighted by Gasteiger charge is -2.15. The molecular formula is C66H14F28N6. The summed E-state index contributed by atoms with van der Waals surface area (Å²) in [7, 11) is 0. The molecular weight excluding hydrogens is 1410 g/mol. The van der Waals surface area contributed by atoms with Gasteiger partial charge in [-0.2, -0.15) is 0 Å². The number of hydrogen-bond acceptors (Lipinski definition) is 2. The number of halogens is 28. The van der Waals surface area contributed by atoms with E-state index >= 15 is 105 Å². The molecule has 3 aliphatic rings. The third kappa shape index (κ3) is 8.34.